The van der Waals surface area contributed by atoms with Crippen LogP contribution in [0.15, 0.2) is 6.99 Å². The molecule has 0 spiro atoms. The van der Waals surface area contributed by atoms with Crippen molar-refractivity contribution in [2.75, 3.05) is 19.6 Å². The van der Waals surface area contributed by atoms with Crippen molar-refractivity contribution in [2.24, 2.45) is 6.99 Å². The van der Waals surface area contributed by atoms with Gasteiger partial charge in [-0.15, -0.1) is 19.1 Å². The van der Waals surface area contributed by atoms with Crippen molar-refractivity contribution < 1.29 is 18.2 Å². The van der Waals surface area contributed by atoms with E-state index in [-0.39, 0.29) is 11.1 Å². The van der Waals surface area contributed by atoms with Crippen molar-refractivity contribution in [3.05, 3.63) is 10.6 Å². The Kier molecular flexibility index (Phi) is 23.7. The van der Waals surface area contributed by atoms with E-state index < -0.39 is 18.2 Å². The van der Waals surface area contributed by atoms with E-state index in [1.807, 2.05) is 0 Å². The maximum Gasteiger partial charge on any atom is -0.0670 e. The van der Waals surface area contributed by atoms with Crippen LogP contribution in [0.1, 0.15) is 102 Å². The Balaban J connectivity index is -0.000000342. The van der Waals surface area contributed by atoms with Crippen molar-refractivity contribution >= 4 is 0 Å². The predicted octanol–water partition coefficient (Wildman–Crippen LogP) is 7.78. The molecule has 0 atom stereocenters. The summed E-state index contributed by atoms with van der Waals surface area (Å²) in [4.78, 5) is 0. The Morgan fingerprint density at radius 1 is 0.769 bits per heavy atom. The van der Waals surface area contributed by atoms with Gasteiger partial charge < -0.3 is 10.6 Å². The van der Waals surface area contributed by atoms with E-state index in [9.17, 15) is 0 Å². The van der Waals surface area contributed by atoms with Gasteiger partial charge in [-0.25, -0.2) is 0 Å². The molecule has 0 saturated carbocycles. The Hall–Kier alpha value is 0.208. The second kappa shape index (κ2) is 20.0. The normalized spacial score (nSPS) is 10.9. The van der Waals surface area contributed by atoms with Crippen LogP contribution in [0.3, 0.4) is 0 Å². The van der Waals surface area contributed by atoms with Crippen molar-refractivity contribution in [3.63, 3.8) is 0 Å². The average molecular weight is 453 g/mol. The third-order valence-electron chi connectivity index (χ3n) is 3.63. The molecule has 0 heterocycles. The monoisotopic (exact) mass is 454 g/mol. The first-order valence-electron chi connectivity index (χ1n) is 10.4. The van der Waals surface area contributed by atoms with Crippen LogP contribution in [0.4, 0.5) is 0 Å². The van der Waals surface area contributed by atoms with Gasteiger partial charge in [-0.3, -0.25) is 0 Å². The average Bonchev–Trinajstić information content (AvgIpc) is 2.59. The van der Waals surface area contributed by atoms with Crippen LogP contribution in [-0.2, 0) is 18.2 Å². The molecule has 0 N–H and O–H groups in total. The van der Waals surface area contributed by atoms with E-state index in [1.54, 1.807) is 0 Å². The zero-order chi connectivity index (χ0) is 21.1. The van der Waals surface area contributed by atoms with Crippen LogP contribution in [0, 0.1) is 0 Å². The molecule has 0 aromatic heterocycles. The van der Waals surface area contributed by atoms with Gasteiger partial charge in [-0.2, -0.15) is 6.54 Å². The zero-order valence-electron chi connectivity index (χ0n) is 19.7. The molecule has 0 aromatic carbocycles. The van der Waals surface area contributed by atoms with Gasteiger partial charge in [0, 0.05) is 0 Å². The van der Waals surface area contributed by atoms with Crippen LogP contribution < -0.4 is 0 Å². The summed E-state index contributed by atoms with van der Waals surface area (Å²) >= 11 is -0.492. The maximum absolute atomic E-state index is 4.67. The summed E-state index contributed by atoms with van der Waals surface area (Å²) in [5, 5.41) is 8.33. The Morgan fingerprint density at radius 3 is 1.38 bits per heavy atom. The Morgan fingerprint density at radius 2 is 1.19 bits per heavy atom. The molecule has 0 unspecified atom stereocenters. The Bertz CT molecular complexity index is 322. The largest absolute Gasteiger partial charge is 0.662 e. The van der Waals surface area contributed by atoms with E-state index in [2.05, 4.69) is 93.8 Å². The molecule has 0 fully saturated rings. The van der Waals surface area contributed by atoms with Gasteiger partial charge in [0.25, 0.3) is 0 Å². The molecular weight excluding hydrogens is 404 g/mol. The van der Waals surface area contributed by atoms with Crippen molar-refractivity contribution in [1.29, 1.82) is 0 Å². The van der Waals surface area contributed by atoms with Gasteiger partial charge in [0.2, 0.25) is 0 Å². The molecule has 5 heteroatoms. The molecule has 26 heavy (non-hydrogen) atoms. The van der Waals surface area contributed by atoms with Crippen LogP contribution >= 0.6 is 0 Å². The summed E-state index contributed by atoms with van der Waals surface area (Å²) in [6.45, 7) is 26.7. The number of hydrogen-bond acceptors (Lipinski definition) is 2. The van der Waals surface area contributed by atoms with Gasteiger partial charge in [-0.1, -0.05) is 47.5 Å². The zero-order valence-corrected chi connectivity index (χ0v) is 21.7. The van der Waals surface area contributed by atoms with Gasteiger partial charge >= 0.3 is 90.7 Å². The van der Waals surface area contributed by atoms with E-state index in [4.69, 9.17) is 0 Å². The first-order chi connectivity index (χ1) is 12.0. The summed E-state index contributed by atoms with van der Waals surface area (Å²) in [6.07, 6.45) is 4.59. The molecule has 0 aliphatic heterocycles. The minimum absolute atomic E-state index is 0.148. The summed E-state index contributed by atoms with van der Waals surface area (Å²) in [7, 11) is 0. The third kappa shape index (κ3) is 29.0. The molecule has 0 bridgehead atoms. The van der Waals surface area contributed by atoms with E-state index in [0.29, 0.717) is 6.04 Å². The molecular formula is C21H48MoN4. The van der Waals surface area contributed by atoms with Crippen LogP contribution in [0.25, 0.3) is 10.6 Å². The van der Waals surface area contributed by atoms with Gasteiger partial charge in [0.05, 0.1) is 0 Å². The van der Waals surface area contributed by atoms with Crippen LogP contribution in [-0.4, -0.2) is 36.8 Å². The molecule has 0 amide bonds. The first kappa shape index (κ1) is 30.9. The third-order valence-corrected chi connectivity index (χ3v) is 6.46. The molecule has 0 aromatic rings. The topological polar surface area (TPSA) is 52.9 Å². The summed E-state index contributed by atoms with van der Waals surface area (Å²) < 4.78 is 9.34. The van der Waals surface area contributed by atoms with E-state index in [0.717, 1.165) is 32.5 Å². The van der Waals surface area contributed by atoms with Crippen molar-refractivity contribution in [3.8, 4) is 0 Å². The van der Waals surface area contributed by atoms with Crippen LogP contribution in [0.5, 0.6) is 0 Å². The number of rotatable bonds is 10. The molecule has 0 aliphatic carbocycles. The fourth-order valence-electron chi connectivity index (χ4n) is 1.07. The van der Waals surface area contributed by atoms with E-state index >= 15 is 0 Å². The molecule has 4 nitrogen and oxygen atoms in total. The minimum atomic E-state index is -0.492. The van der Waals surface area contributed by atoms with Gasteiger partial charge in [0.1, 0.15) is 0 Å². The molecule has 0 saturated heterocycles. The fourth-order valence-corrected chi connectivity index (χ4v) is 2.90. The van der Waals surface area contributed by atoms with Crippen molar-refractivity contribution in [1.82, 2.24) is 0 Å². The molecule has 0 rings (SSSR count). The second-order valence-corrected chi connectivity index (χ2v) is 9.16. The molecule has 0 aliphatic rings. The van der Waals surface area contributed by atoms with Crippen molar-refractivity contribution in [2.45, 2.75) is 119 Å². The summed E-state index contributed by atoms with van der Waals surface area (Å²) in [6, 6.07) is 0.528. The predicted molar refractivity (Wildman–Crippen MR) is 116 cm³/mol. The second-order valence-electron chi connectivity index (χ2n) is 7.86. The number of hydrogen-bond donors (Lipinski definition) is 0. The number of nitrogens with zero attached hydrogens (tertiary/aromatic N) is 4. The SMILES string of the molecule is CCC(C)(C)[N]=[Mo+2]=[N]C(C)(C)CC.CCC[N-]C(C)C.CCC[N-]CC. The fraction of sp³-hybridized carbons (Fsp3) is 1.00. The summed E-state index contributed by atoms with van der Waals surface area (Å²) in [5.74, 6) is 0. The summed E-state index contributed by atoms with van der Waals surface area (Å²) in [5.41, 5.74) is 0.297. The van der Waals surface area contributed by atoms with Gasteiger partial charge in [0.15, 0.2) is 0 Å². The standard InChI is InChI=1S/C6H14N.2C5H11N.C5H12N.Mo/c1-4-5-7-6(2)3;2*1-4-5(2,3)6;1-3-5-6-4-2;/h6H,4-5H2,1-3H3;2*4H2,1-3H3;3-5H2,1-2H3;/q-1;;;-1;+2. The molecule has 0 radical (unpaired) electrons. The minimum Gasteiger partial charge on any atom is -0.662 e. The van der Waals surface area contributed by atoms with Crippen LogP contribution in [0.2, 0.25) is 0 Å². The molecule has 158 valence electrons. The van der Waals surface area contributed by atoms with Gasteiger partial charge in [-0.05, 0) is 0 Å². The Labute approximate surface area is 174 Å². The maximum atomic E-state index is 4.67. The quantitative estimate of drug-likeness (QED) is 0.240. The first-order valence-corrected chi connectivity index (χ1v) is 12.2. The smallest absolute Gasteiger partial charge is 0.0670 e. The van der Waals surface area contributed by atoms with E-state index in [1.165, 1.54) is 12.8 Å².